The number of nitrogens with one attached hydrogen (secondary N) is 3. The first kappa shape index (κ1) is 34.0. The average molecular weight is 653 g/mol. The van der Waals surface area contributed by atoms with Crippen molar-refractivity contribution in [2.45, 2.75) is 79.3 Å². The standard InChI is InChI=1S/C36H40N6O6/c1-16-12-30-33(35(47)21(6)38-36(48)20(5)37)34-17(2)11-22(39-34)13-26-18(3)23(7-9-31(43)44)28(41-26)15-29-24(8-10-32(45)46)19(4)27(42-29)14-25(16)40-30/h11-15,20-21,40-41H,7-10,37H2,1-6H3,(H,38,48)(H,43,44)(H,45,46)/t20-,21-/m0/s1. The largest absolute Gasteiger partial charge is 0.481 e. The smallest absolute Gasteiger partial charge is 0.303 e. The van der Waals surface area contributed by atoms with Gasteiger partial charge < -0.3 is 31.2 Å². The molecular weight excluding hydrogens is 612 g/mol. The molecule has 2 aliphatic heterocycles. The van der Waals surface area contributed by atoms with Gasteiger partial charge in [0.2, 0.25) is 5.91 Å². The number of aromatic nitrogens is 4. The van der Waals surface area contributed by atoms with E-state index in [1.165, 1.54) is 0 Å². The summed E-state index contributed by atoms with van der Waals surface area (Å²) in [6.07, 6.45) is 2.22. The number of nitrogens with zero attached hydrogens (tertiary/aromatic N) is 2. The highest BCUT2D eigenvalue weighted by atomic mass is 16.4. The number of Topliss-reactive ketones (excluding diaryl/α,β-unsaturated/α-hetero) is 1. The SMILES string of the molecule is CC1=Cc2cc3[nH]c(cc4nc(cc5[nH]c(cc5C)c(C(=O)[C@H](C)NC(=O)[C@H](C)N)c1n2)C(C)=C4CCC(=O)O)c(CCC(=O)O)c3C. The second-order valence-electron chi connectivity index (χ2n) is 12.5. The van der Waals surface area contributed by atoms with Crippen LogP contribution >= 0.6 is 0 Å². The number of carboxylic acid groups (broad SMARTS) is 2. The van der Waals surface area contributed by atoms with Crippen molar-refractivity contribution in [3.63, 3.8) is 0 Å². The maximum Gasteiger partial charge on any atom is 0.303 e. The first-order chi connectivity index (χ1) is 22.6. The van der Waals surface area contributed by atoms with E-state index in [-0.39, 0.29) is 31.5 Å². The normalized spacial score (nSPS) is 14.0. The summed E-state index contributed by atoms with van der Waals surface area (Å²) in [5.74, 6) is -2.66. The highest BCUT2D eigenvalue weighted by molar-refractivity contribution is 6.11. The molecule has 0 spiro atoms. The van der Waals surface area contributed by atoms with E-state index in [1.807, 2.05) is 58.0 Å². The Labute approximate surface area is 277 Å². The van der Waals surface area contributed by atoms with Crippen molar-refractivity contribution in [1.82, 2.24) is 25.3 Å². The van der Waals surface area contributed by atoms with Crippen LogP contribution in [0.25, 0.3) is 44.9 Å². The van der Waals surface area contributed by atoms with Gasteiger partial charge in [-0.05, 0) is 118 Å². The Morgan fingerprint density at radius 3 is 2.15 bits per heavy atom. The number of H-pyrrole nitrogens is 2. The van der Waals surface area contributed by atoms with Crippen molar-refractivity contribution in [2.24, 2.45) is 5.73 Å². The molecule has 3 aromatic rings. The molecule has 7 N–H and O–H groups in total. The summed E-state index contributed by atoms with van der Waals surface area (Å²) in [7, 11) is 0. The summed E-state index contributed by atoms with van der Waals surface area (Å²) in [5.41, 5.74) is 15.7. The Balaban J connectivity index is 1.88. The predicted octanol–water partition coefficient (Wildman–Crippen LogP) is 5.34. The number of carbonyl (C=O) groups is 4. The minimum absolute atomic E-state index is 0.0818. The molecule has 0 saturated heterocycles. The molecule has 3 aromatic heterocycles. The third-order valence-electron chi connectivity index (χ3n) is 8.82. The number of carbonyl (C=O) groups excluding carboxylic acids is 2. The Morgan fingerprint density at radius 1 is 0.833 bits per heavy atom. The van der Waals surface area contributed by atoms with Gasteiger partial charge in [-0.15, -0.1) is 0 Å². The zero-order valence-corrected chi connectivity index (χ0v) is 27.9. The Bertz CT molecular complexity index is 2100. The molecule has 0 aliphatic carbocycles. The number of allylic oxidation sites excluding steroid dienone is 3. The van der Waals surface area contributed by atoms with Crippen LogP contribution in [0.2, 0.25) is 0 Å². The van der Waals surface area contributed by atoms with Gasteiger partial charge in [-0.2, -0.15) is 0 Å². The van der Waals surface area contributed by atoms with E-state index in [0.717, 1.165) is 33.4 Å². The maximum atomic E-state index is 14.1. The second-order valence-corrected chi connectivity index (χ2v) is 12.5. The predicted molar refractivity (Wildman–Crippen MR) is 185 cm³/mol. The number of fused-ring (bicyclic) bond motifs is 8. The molecule has 0 aromatic carbocycles. The van der Waals surface area contributed by atoms with Gasteiger partial charge in [0.1, 0.15) is 0 Å². The van der Waals surface area contributed by atoms with Crippen LogP contribution in [-0.2, 0) is 20.8 Å². The van der Waals surface area contributed by atoms with Gasteiger partial charge in [0, 0.05) is 29.4 Å². The highest BCUT2D eigenvalue weighted by Gasteiger charge is 2.26. The number of carboxylic acids is 2. The lowest BCUT2D eigenvalue weighted by molar-refractivity contribution is -0.137. The third-order valence-corrected chi connectivity index (χ3v) is 8.82. The van der Waals surface area contributed by atoms with Crippen molar-refractivity contribution >= 4 is 68.5 Å². The number of aromatic amines is 2. The van der Waals surface area contributed by atoms with Crippen molar-refractivity contribution in [3.8, 4) is 0 Å². The van der Waals surface area contributed by atoms with Crippen molar-refractivity contribution in [1.29, 1.82) is 0 Å². The molecule has 250 valence electrons. The van der Waals surface area contributed by atoms with Crippen LogP contribution in [0.3, 0.4) is 0 Å². The number of nitrogens with two attached hydrogens (primary N) is 1. The molecule has 12 nitrogen and oxygen atoms in total. The first-order valence-electron chi connectivity index (χ1n) is 15.8. The van der Waals surface area contributed by atoms with Gasteiger partial charge in [-0.1, -0.05) is 0 Å². The molecule has 12 heteroatoms. The zero-order chi connectivity index (χ0) is 35.0. The zero-order valence-electron chi connectivity index (χ0n) is 27.9. The Morgan fingerprint density at radius 2 is 1.48 bits per heavy atom. The second kappa shape index (κ2) is 13.4. The maximum absolute atomic E-state index is 14.1. The highest BCUT2D eigenvalue weighted by Crippen LogP contribution is 2.35. The molecule has 0 unspecified atom stereocenters. The number of rotatable bonds is 10. The molecule has 0 fully saturated rings. The van der Waals surface area contributed by atoms with Gasteiger partial charge in [-0.3, -0.25) is 19.2 Å². The van der Waals surface area contributed by atoms with E-state index in [1.54, 1.807) is 13.8 Å². The minimum atomic E-state index is -0.930. The van der Waals surface area contributed by atoms with E-state index in [4.69, 9.17) is 15.7 Å². The number of hydrogen-bond acceptors (Lipinski definition) is 7. The Kier molecular flexibility index (Phi) is 9.49. The molecule has 5 heterocycles. The molecule has 5 rings (SSSR count). The first-order valence-corrected chi connectivity index (χ1v) is 15.8. The van der Waals surface area contributed by atoms with Crippen LogP contribution in [-0.4, -0.2) is 65.9 Å². The van der Waals surface area contributed by atoms with E-state index in [2.05, 4.69) is 15.3 Å². The molecule has 0 saturated carbocycles. The van der Waals surface area contributed by atoms with Crippen LogP contribution in [0.1, 0.15) is 96.8 Å². The van der Waals surface area contributed by atoms with Crippen LogP contribution < -0.4 is 11.1 Å². The van der Waals surface area contributed by atoms with E-state index >= 15 is 0 Å². The number of hydrogen-bond donors (Lipinski definition) is 6. The Hall–Kier alpha value is -5.36. The van der Waals surface area contributed by atoms with Crippen LogP contribution in [0.5, 0.6) is 0 Å². The summed E-state index contributed by atoms with van der Waals surface area (Å²) in [4.78, 5) is 66.4. The monoisotopic (exact) mass is 652 g/mol. The van der Waals surface area contributed by atoms with Gasteiger partial charge in [0.15, 0.2) is 5.78 Å². The lowest BCUT2D eigenvalue weighted by Gasteiger charge is -2.15. The molecular formula is C36H40N6O6. The van der Waals surface area contributed by atoms with Gasteiger partial charge in [0.05, 0.1) is 45.9 Å². The number of ketones is 1. The summed E-state index contributed by atoms with van der Waals surface area (Å²) >= 11 is 0. The van der Waals surface area contributed by atoms with E-state index in [9.17, 15) is 29.4 Å². The van der Waals surface area contributed by atoms with Gasteiger partial charge in [0.25, 0.3) is 0 Å². The molecule has 0 radical (unpaired) electrons. The quantitative estimate of drug-likeness (QED) is 0.156. The van der Waals surface area contributed by atoms with Crippen molar-refractivity contribution in [2.75, 3.05) is 0 Å². The van der Waals surface area contributed by atoms with E-state index < -0.39 is 29.9 Å². The molecule has 8 bridgehead atoms. The fourth-order valence-corrected chi connectivity index (χ4v) is 6.09. The molecule has 2 aliphatic rings. The van der Waals surface area contributed by atoms with Crippen LogP contribution in [0, 0.1) is 13.8 Å². The van der Waals surface area contributed by atoms with Crippen LogP contribution in [0.4, 0.5) is 0 Å². The summed E-state index contributed by atoms with van der Waals surface area (Å²) in [5, 5.41) is 21.7. The molecule has 48 heavy (non-hydrogen) atoms. The van der Waals surface area contributed by atoms with Gasteiger partial charge >= 0.3 is 11.9 Å². The summed E-state index contributed by atoms with van der Waals surface area (Å²) in [6.45, 7) is 10.7. The lowest BCUT2D eigenvalue weighted by atomic mass is 10.00. The van der Waals surface area contributed by atoms with Crippen LogP contribution in [0.15, 0.2) is 24.3 Å². The summed E-state index contributed by atoms with van der Waals surface area (Å²) < 4.78 is 0. The van der Waals surface area contributed by atoms with Gasteiger partial charge in [-0.25, -0.2) is 9.97 Å². The molecule has 1 amide bonds. The number of aryl methyl sites for hydroxylation is 3. The third kappa shape index (κ3) is 6.84. The number of aliphatic carboxylic acids is 2. The minimum Gasteiger partial charge on any atom is -0.481 e. The fourth-order valence-electron chi connectivity index (χ4n) is 6.09. The summed E-state index contributed by atoms with van der Waals surface area (Å²) in [6, 6.07) is 5.74. The molecule has 2 atom stereocenters. The number of amides is 1. The topological polar surface area (TPSA) is 204 Å². The van der Waals surface area contributed by atoms with Crippen molar-refractivity contribution < 1.29 is 29.4 Å². The fraction of sp³-hybridized carbons (Fsp3) is 0.333. The average Bonchev–Trinajstić information content (AvgIpc) is 3.71. The lowest BCUT2D eigenvalue weighted by Crippen LogP contribution is -2.46. The van der Waals surface area contributed by atoms with E-state index in [0.29, 0.717) is 50.4 Å². The van der Waals surface area contributed by atoms with Crippen molar-refractivity contribution in [3.05, 3.63) is 69.3 Å².